The predicted octanol–water partition coefficient (Wildman–Crippen LogP) is 3.43. The van der Waals surface area contributed by atoms with Gasteiger partial charge in [0.25, 0.3) is 0 Å². The van der Waals surface area contributed by atoms with Gasteiger partial charge in [0.1, 0.15) is 0 Å². The molecule has 0 saturated heterocycles. The minimum absolute atomic E-state index is 0.0184. The lowest BCUT2D eigenvalue weighted by Crippen LogP contribution is -2.33. The highest BCUT2D eigenvalue weighted by molar-refractivity contribution is 7.80. The Morgan fingerprint density at radius 3 is 2.32 bits per heavy atom. The molecule has 0 spiro atoms. The zero-order valence-corrected chi connectivity index (χ0v) is 13.9. The average Bonchev–Trinajstić information content (AvgIpc) is 2.45. The molecule has 0 fully saturated rings. The number of anilines is 2. The molecule has 0 aliphatic carbocycles. The Hall–Kier alpha value is -1.95. The number of hydrogen-bond acceptors (Lipinski definition) is 3. The maximum Gasteiger partial charge on any atom is 0.226 e. The molecular formula is C16H23N3O2S. The first kappa shape index (κ1) is 18.1. The van der Waals surface area contributed by atoms with Crippen LogP contribution in [-0.2, 0) is 9.59 Å². The molecular weight excluding hydrogens is 298 g/mol. The lowest BCUT2D eigenvalue weighted by atomic mass is 10.2. The number of amides is 2. The monoisotopic (exact) mass is 321 g/mol. The summed E-state index contributed by atoms with van der Waals surface area (Å²) in [4.78, 5) is 23.2. The second kappa shape index (κ2) is 9.89. The molecule has 0 heterocycles. The summed E-state index contributed by atoms with van der Waals surface area (Å²) in [5.41, 5.74) is 1.42. The number of nitrogens with one attached hydrogen (secondary N) is 3. The van der Waals surface area contributed by atoms with E-state index in [9.17, 15) is 9.59 Å². The summed E-state index contributed by atoms with van der Waals surface area (Å²) >= 11 is 5.10. The highest BCUT2D eigenvalue weighted by Crippen LogP contribution is 2.15. The van der Waals surface area contributed by atoms with Gasteiger partial charge in [0, 0.05) is 24.2 Å². The molecule has 2 amide bonds. The molecule has 0 aliphatic heterocycles. The SMILES string of the molecule is CCCCC(=O)NC(=S)Nc1cccc(NC(=O)CCC)c1. The van der Waals surface area contributed by atoms with Crippen molar-refractivity contribution in [3.05, 3.63) is 24.3 Å². The van der Waals surface area contributed by atoms with E-state index in [0.717, 1.165) is 24.9 Å². The van der Waals surface area contributed by atoms with Crippen LogP contribution in [0.5, 0.6) is 0 Å². The van der Waals surface area contributed by atoms with Crippen molar-refractivity contribution in [2.75, 3.05) is 10.6 Å². The van der Waals surface area contributed by atoms with Crippen LogP contribution in [-0.4, -0.2) is 16.9 Å². The van der Waals surface area contributed by atoms with E-state index in [1.165, 1.54) is 0 Å². The Labute approximate surface area is 136 Å². The standard InChI is InChI=1S/C16H23N3O2S/c1-3-5-10-15(21)19-16(22)18-13-9-6-8-12(11-13)17-14(20)7-4-2/h6,8-9,11H,3-5,7,10H2,1-2H3,(H,17,20)(H2,18,19,21,22). The van der Waals surface area contributed by atoms with Gasteiger partial charge in [-0.25, -0.2) is 0 Å². The van der Waals surface area contributed by atoms with Gasteiger partial charge in [0.2, 0.25) is 11.8 Å². The number of hydrogen-bond donors (Lipinski definition) is 3. The third kappa shape index (κ3) is 7.17. The smallest absolute Gasteiger partial charge is 0.226 e. The summed E-state index contributed by atoms with van der Waals surface area (Å²) < 4.78 is 0. The first-order valence-corrected chi connectivity index (χ1v) is 7.96. The van der Waals surface area contributed by atoms with Crippen LogP contribution in [0.2, 0.25) is 0 Å². The van der Waals surface area contributed by atoms with E-state index in [4.69, 9.17) is 12.2 Å². The maximum absolute atomic E-state index is 11.6. The highest BCUT2D eigenvalue weighted by Gasteiger charge is 2.05. The number of carbonyl (C=O) groups is 2. The van der Waals surface area contributed by atoms with Gasteiger partial charge in [-0.1, -0.05) is 26.3 Å². The van der Waals surface area contributed by atoms with Crippen molar-refractivity contribution < 1.29 is 9.59 Å². The molecule has 5 nitrogen and oxygen atoms in total. The molecule has 1 rings (SSSR count). The Kier molecular flexibility index (Phi) is 8.14. The zero-order chi connectivity index (χ0) is 16.4. The van der Waals surface area contributed by atoms with E-state index >= 15 is 0 Å². The quantitative estimate of drug-likeness (QED) is 0.673. The summed E-state index contributed by atoms with van der Waals surface area (Å²) in [7, 11) is 0. The van der Waals surface area contributed by atoms with Gasteiger partial charge < -0.3 is 16.0 Å². The molecule has 0 radical (unpaired) electrons. The van der Waals surface area contributed by atoms with Crippen LogP contribution in [0.1, 0.15) is 46.0 Å². The summed E-state index contributed by atoms with van der Waals surface area (Å²) in [5.74, 6) is -0.109. The van der Waals surface area contributed by atoms with E-state index in [-0.39, 0.29) is 16.9 Å². The van der Waals surface area contributed by atoms with Crippen LogP contribution in [0.4, 0.5) is 11.4 Å². The van der Waals surface area contributed by atoms with Crippen molar-refractivity contribution in [2.45, 2.75) is 46.0 Å². The second-order valence-corrected chi connectivity index (χ2v) is 5.39. The van der Waals surface area contributed by atoms with Crippen LogP contribution >= 0.6 is 12.2 Å². The number of rotatable bonds is 7. The fourth-order valence-corrected chi connectivity index (χ4v) is 2.05. The van der Waals surface area contributed by atoms with Gasteiger partial charge in [-0.2, -0.15) is 0 Å². The topological polar surface area (TPSA) is 70.2 Å². The van der Waals surface area contributed by atoms with Crippen LogP contribution in [0.3, 0.4) is 0 Å². The van der Waals surface area contributed by atoms with Gasteiger partial charge in [-0.15, -0.1) is 0 Å². The minimum Gasteiger partial charge on any atom is -0.332 e. The van der Waals surface area contributed by atoms with E-state index in [1.54, 1.807) is 6.07 Å². The van der Waals surface area contributed by atoms with Gasteiger partial charge in [0.05, 0.1) is 0 Å². The van der Waals surface area contributed by atoms with Crippen molar-refractivity contribution in [1.82, 2.24) is 5.32 Å². The molecule has 0 saturated carbocycles. The fourth-order valence-electron chi connectivity index (χ4n) is 1.81. The normalized spacial score (nSPS) is 9.91. The average molecular weight is 321 g/mol. The van der Waals surface area contributed by atoms with E-state index in [0.29, 0.717) is 18.5 Å². The summed E-state index contributed by atoms with van der Waals surface area (Å²) in [6, 6.07) is 7.21. The van der Waals surface area contributed by atoms with Crippen molar-refractivity contribution in [3.63, 3.8) is 0 Å². The molecule has 120 valence electrons. The Bertz CT molecular complexity index is 532. The van der Waals surface area contributed by atoms with Gasteiger partial charge in [-0.05, 0) is 43.3 Å². The lowest BCUT2D eigenvalue weighted by molar-refractivity contribution is -0.119. The van der Waals surface area contributed by atoms with Crippen LogP contribution < -0.4 is 16.0 Å². The third-order valence-electron chi connectivity index (χ3n) is 2.89. The highest BCUT2D eigenvalue weighted by atomic mass is 32.1. The summed E-state index contributed by atoms with van der Waals surface area (Å²) in [6.07, 6.45) is 3.56. The van der Waals surface area contributed by atoms with E-state index in [2.05, 4.69) is 16.0 Å². The van der Waals surface area contributed by atoms with Crippen molar-refractivity contribution in [3.8, 4) is 0 Å². The zero-order valence-electron chi connectivity index (χ0n) is 13.1. The van der Waals surface area contributed by atoms with Crippen molar-refractivity contribution in [1.29, 1.82) is 0 Å². The Morgan fingerprint density at radius 2 is 1.68 bits per heavy atom. The molecule has 3 N–H and O–H groups in total. The number of thiocarbonyl (C=S) groups is 1. The molecule has 0 unspecified atom stereocenters. The van der Waals surface area contributed by atoms with Gasteiger partial charge in [0.15, 0.2) is 5.11 Å². The second-order valence-electron chi connectivity index (χ2n) is 4.98. The van der Waals surface area contributed by atoms with Crippen LogP contribution in [0.15, 0.2) is 24.3 Å². The lowest BCUT2D eigenvalue weighted by Gasteiger charge is -2.11. The number of unbranched alkanes of at least 4 members (excludes halogenated alkanes) is 1. The molecule has 0 bridgehead atoms. The molecule has 1 aromatic rings. The van der Waals surface area contributed by atoms with Crippen molar-refractivity contribution >= 4 is 40.5 Å². The largest absolute Gasteiger partial charge is 0.332 e. The first-order chi connectivity index (χ1) is 10.5. The summed E-state index contributed by atoms with van der Waals surface area (Å²) in [5, 5.41) is 8.66. The number of carbonyl (C=O) groups excluding carboxylic acids is 2. The van der Waals surface area contributed by atoms with E-state index in [1.807, 2.05) is 32.0 Å². The molecule has 1 aromatic carbocycles. The molecule has 0 aromatic heterocycles. The minimum atomic E-state index is -0.0910. The molecule has 0 aliphatic rings. The van der Waals surface area contributed by atoms with Crippen LogP contribution in [0.25, 0.3) is 0 Å². The Balaban J connectivity index is 2.53. The van der Waals surface area contributed by atoms with Crippen molar-refractivity contribution in [2.24, 2.45) is 0 Å². The fraction of sp³-hybridized carbons (Fsp3) is 0.438. The number of benzene rings is 1. The first-order valence-electron chi connectivity index (χ1n) is 7.56. The summed E-state index contributed by atoms with van der Waals surface area (Å²) in [6.45, 7) is 3.99. The maximum atomic E-state index is 11.6. The molecule has 22 heavy (non-hydrogen) atoms. The van der Waals surface area contributed by atoms with E-state index < -0.39 is 0 Å². The van der Waals surface area contributed by atoms with Crippen LogP contribution in [0, 0.1) is 0 Å². The molecule has 6 heteroatoms. The third-order valence-corrected chi connectivity index (χ3v) is 3.10. The predicted molar refractivity (Wildman–Crippen MR) is 93.9 cm³/mol. The van der Waals surface area contributed by atoms with Gasteiger partial charge in [-0.3, -0.25) is 9.59 Å². The molecule has 0 atom stereocenters. The van der Waals surface area contributed by atoms with Gasteiger partial charge >= 0.3 is 0 Å². The Morgan fingerprint density at radius 1 is 1.00 bits per heavy atom.